The van der Waals surface area contributed by atoms with Gasteiger partial charge in [0.15, 0.2) is 0 Å². The lowest BCUT2D eigenvalue weighted by Crippen LogP contribution is -2.45. The van der Waals surface area contributed by atoms with Crippen LogP contribution in [-0.4, -0.2) is 34.9 Å². The van der Waals surface area contributed by atoms with Crippen LogP contribution in [0.25, 0.3) is 0 Å². The summed E-state index contributed by atoms with van der Waals surface area (Å²) in [5.41, 5.74) is 0. The highest BCUT2D eigenvalue weighted by Gasteiger charge is 2.18. The quantitative estimate of drug-likeness (QED) is 0.0420. The third-order valence-corrected chi connectivity index (χ3v) is 15.1. The fourth-order valence-electron chi connectivity index (χ4n) is 10.2. The molecule has 2 atom stereocenters. The van der Waals surface area contributed by atoms with Crippen molar-refractivity contribution >= 4 is 5.91 Å². The first-order chi connectivity index (χ1) is 34.7. The third kappa shape index (κ3) is 57.5. The van der Waals surface area contributed by atoms with Crippen molar-refractivity contribution in [3.63, 3.8) is 0 Å². The van der Waals surface area contributed by atoms with Crippen molar-refractivity contribution in [3.05, 3.63) is 36.5 Å². The summed E-state index contributed by atoms with van der Waals surface area (Å²) < 4.78 is 0. The summed E-state index contributed by atoms with van der Waals surface area (Å²) in [7, 11) is 0. The number of rotatable bonds is 60. The lowest BCUT2D eigenvalue weighted by Gasteiger charge is -2.20. The molecule has 0 spiro atoms. The third-order valence-electron chi connectivity index (χ3n) is 15.1. The molecule has 70 heavy (non-hydrogen) atoms. The predicted octanol–water partition coefficient (Wildman–Crippen LogP) is 21.6. The molecule has 0 radical (unpaired) electrons. The number of aliphatic hydroxyl groups is 2. The van der Waals surface area contributed by atoms with Gasteiger partial charge in [0, 0.05) is 6.42 Å². The van der Waals surface area contributed by atoms with E-state index in [9.17, 15) is 15.0 Å². The molecule has 0 aromatic carbocycles. The number of hydrogen-bond donors (Lipinski definition) is 3. The molecule has 4 nitrogen and oxygen atoms in total. The molecule has 0 aliphatic carbocycles. The number of amides is 1. The van der Waals surface area contributed by atoms with E-state index in [2.05, 4.69) is 43.5 Å². The highest BCUT2D eigenvalue weighted by molar-refractivity contribution is 5.76. The Kier molecular flexibility index (Phi) is 60.7. The zero-order valence-corrected chi connectivity index (χ0v) is 47.8. The standard InChI is InChI=1S/C66H127NO3/c1-3-5-7-9-11-13-15-17-19-21-23-25-27-29-31-32-33-34-36-38-40-42-44-46-48-50-52-54-56-58-60-62-66(70)67-64(63-68)65(69)61-59-57-55-53-51-49-47-45-43-41-39-37-35-30-28-26-24-22-20-18-16-14-12-10-8-6-4-2/h15,17,21,23,59,61,64-65,68-69H,3-14,16,18-20,22,24-58,60,62-63H2,1-2H3,(H,67,70)/b17-15-,23-21-,61-59+. The minimum Gasteiger partial charge on any atom is -0.394 e. The van der Waals surface area contributed by atoms with Gasteiger partial charge in [0.05, 0.1) is 18.8 Å². The molecule has 0 aliphatic heterocycles. The number of aliphatic hydroxyl groups excluding tert-OH is 2. The van der Waals surface area contributed by atoms with Gasteiger partial charge in [-0.2, -0.15) is 0 Å². The van der Waals surface area contributed by atoms with Crippen molar-refractivity contribution in [2.75, 3.05) is 6.61 Å². The average Bonchev–Trinajstić information content (AvgIpc) is 3.36. The molecule has 0 saturated carbocycles. The van der Waals surface area contributed by atoms with E-state index in [0.717, 1.165) is 32.1 Å². The summed E-state index contributed by atoms with van der Waals surface area (Å²) in [6.45, 7) is 4.34. The first-order valence-electron chi connectivity index (χ1n) is 32.2. The van der Waals surface area contributed by atoms with Crippen molar-refractivity contribution in [3.8, 4) is 0 Å². The van der Waals surface area contributed by atoms with Crippen molar-refractivity contribution in [1.29, 1.82) is 0 Å². The van der Waals surface area contributed by atoms with Gasteiger partial charge in [-0.05, 0) is 51.4 Å². The van der Waals surface area contributed by atoms with Gasteiger partial charge in [0.1, 0.15) is 0 Å². The Morgan fingerprint density at radius 1 is 0.343 bits per heavy atom. The SMILES string of the molecule is CCCCCCC/C=C\C/C=C\CCCCCCCCCCCCCCCCCCCCCC(=O)NC(CO)C(O)/C=C/CCCCCCCCCCCCCCCCCCCCCCCCCCC. The van der Waals surface area contributed by atoms with Crippen LogP contribution in [0.15, 0.2) is 36.5 Å². The maximum absolute atomic E-state index is 12.5. The summed E-state index contributed by atoms with van der Waals surface area (Å²) in [5.74, 6) is -0.0568. The topological polar surface area (TPSA) is 69.6 Å². The van der Waals surface area contributed by atoms with Crippen molar-refractivity contribution in [1.82, 2.24) is 5.32 Å². The monoisotopic (exact) mass is 982 g/mol. The van der Waals surface area contributed by atoms with Gasteiger partial charge >= 0.3 is 0 Å². The lowest BCUT2D eigenvalue weighted by molar-refractivity contribution is -0.123. The Morgan fingerprint density at radius 3 is 0.857 bits per heavy atom. The molecule has 1 amide bonds. The van der Waals surface area contributed by atoms with Crippen LogP contribution in [0, 0.1) is 0 Å². The molecular formula is C66H127NO3. The molecule has 0 saturated heterocycles. The molecule has 0 heterocycles. The molecule has 0 aliphatic rings. The Labute approximate surface area is 440 Å². The molecule has 0 bridgehead atoms. The van der Waals surface area contributed by atoms with Gasteiger partial charge < -0.3 is 15.5 Å². The molecule has 0 rings (SSSR count). The van der Waals surface area contributed by atoms with Gasteiger partial charge in [-0.1, -0.05) is 339 Å². The number of nitrogens with one attached hydrogen (secondary N) is 1. The largest absolute Gasteiger partial charge is 0.394 e. The fraction of sp³-hybridized carbons (Fsp3) is 0.894. The summed E-state index contributed by atoms with van der Waals surface area (Å²) in [4.78, 5) is 12.5. The normalized spacial score (nSPS) is 12.9. The van der Waals surface area contributed by atoms with E-state index < -0.39 is 12.1 Å². The van der Waals surface area contributed by atoms with Gasteiger partial charge in [-0.15, -0.1) is 0 Å². The van der Waals surface area contributed by atoms with Crippen LogP contribution in [0.2, 0.25) is 0 Å². The van der Waals surface area contributed by atoms with Crippen LogP contribution >= 0.6 is 0 Å². The van der Waals surface area contributed by atoms with Crippen LogP contribution in [0.1, 0.15) is 361 Å². The van der Waals surface area contributed by atoms with Gasteiger partial charge in [-0.3, -0.25) is 4.79 Å². The lowest BCUT2D eigenvalue weighted by atomic mass is 10.0. The van der Waals surface area contributed by atoms with Crippen LogP contribution in [0.3, 0.4) is 0 Å². The highest BCUT2D eigenvalue weighted by atomic mass is 16.3. The van der Waals surface area contributed by atoms with Gasteiger partial charge in [-0.25, -0.2) is 0 Å². The average molecular weight is 983 g/mol. The maximum Gasteiger partial charge on any atom is 0.220 e. The summed E-state index contributed by atoms with van der Waals surface area (Å²) in [6.07, 6.45) is 84.9. The number of hydrogen-bond acceptors (Lipinski definition) is 3. The van der Waals surface area contributed by atoms with Crippen molar-refractivity contribution < 1.29 is 15.0 Å². The van der Waals surface area contributed by atoms with Crippen molar-refractivity contribution in [2.45, 2.75) is 373 Å². The van der Waals surface area contributed by atoms with E-state index in [4.69, 9.17) is 0 Å². The smallest absolute Gasteiger partial charge is 0.220 e. The van der Waals surface area contributed by atoms with E-state index in [1.54, 1.807) is 6.08 Å². The molecule has 0 aromatic heterocycles. The van der Waals surface area contributed by atoms with E-state index in [1.807, 2.05) is 6.08 Å². The molecular weight excluding hydrogens is 855 g/mol. The number of carbonyl (C=O) groups is 1. The van der Waals surface area contributed by atoms with E-state index in [1.165, 1.54) is 308 Å². The van der Waals surface area contributed by atoms with E-state index >= 15 is 0 Å². The molecule has 414 valence electrons. The fourth-order valence-corrected chi connectivity index (χ4v) is 10.2. The van der Waals surface area contributed by atoms with E-state index in [0.29, 0.717) is 6.42 Å². The molecule has 0 aromatic rings. The Morgan fingerprint density at radius 2 is 0.586 bits per heavy atom. The van der Waals surface area contributed by atoms with Crippen LogP contribution in [-0.2, 0) is 4.79 Å². The Hall–Kier alpha value is -1.39. The summed E-state index contributed by atoms with van der Waals surface area (Å²) in [6, 6.07) is -0.622. The second-order valence-corrected chi connectivity index (χ2v) is 22.2. The second kappa shape index (κ2) is 61.9. The first kappa shape index (κ1) is 68.6. The number of unbranched alkanes of at least 4 members (excludes halogenated alkanes) is 49. The van der Waals surface area contributed by atoms with E-state index in [-0.39, 0.29) is 12.5 Å². The molecule has 4 heteroatoms. The second-order valence-electron chi connectivity index (χ2n) is 22.2. The van der Waals surface area contributed by atoms with Gasteiger partial charge in [0.25, 0.3) is 0 Å². The maximum atomic E-state index is 12.5. The minimum absolute atomic E-state index is 0.0568. The zero-order valence-electron chi connectivity index (χ0n) is 47.8. The van der Waals surface area contributed by atoms with Crippen molar-refractivity contribution in [2.24, 2.45) is 0 Å². The summed E-state index contributed by atoms with van der Waals surface area (Å²) >= 11 is 0. The molecule has 3 N–H and O–H groups in total. The highest BCUT2D eigenvalue weighted by Crippen LogP contribution is 2.18. The molecule has 0 fully saturated rings. The number of carbonyl (C=O) groups excluding carboxylic acids is 1. The van der Waals surface area contributed by atoms with Crippen LogP contribution < -0.4 is 5.32 Å². The number of allylic oxidation sites excluding steroid dienone is 5. The predicted molar refractivity (Wildman–Crippen MR) is 313 cm³/mol. The zero-order chi connectivity index (χ0) is 50.6. The van der Waals surface area contributed by atoms with Crippen LogP contribution in [0.5, 0.6) is 0 Å². The molecule has 2 unspecified atom stereocenters. The Balaban J connectivity index is 3.44. The summed E-state index contributed by atoms with van der Waals surface area (Å²) in [5, 5.41) is 23.3. The van der Waals surface area contributed by atoms with Gasteiger partial charge in [0.2, 0.25) is 5.91 Å². The first-order valence-corrected chi connectivity index (χ1v) is 32.2. The van der Waals surface area contributed by atoms with Crippen LogP contribution in [0.4, 0.5) is 0 Å². The Bertz CT molecular complexity index is 1070. The minimum atomic E-state index is -0.839.